The van der Waals surface area contributed by atoms with E-state index in [1.54, 1.807) is 0 Å². The Hall–Kier alpha value is -2.34. The van der Waals surface area contributed by atoms with Gasteiger partial charge in [-0.2, -0.15) is 4.31 Å². The first kappa shape index (κ1) is 22.8. The van der Waals surface area contributed by atoms with Crippen LogP contribution in [0.25, 0.3) is 11.5 Å². The molecule has 1 amide bonds. The van der Waals surface area contributed by atoms with Crippen LogP contribution in [0.2, 0.25) is 5.15 Å². The van der Waals surface area contributed by atoms with E-state index >= 15 is 0 Å². The number of H-pyrrole nitrogens is 1. The summed E-state index contributed by atoms with van der Waals surface area (Å²) in [5.74, 6) is -0.576. The molecule has 0 aliphatic carbocycles. The van der Waals surface area contributed by atoms with Crippen LogP contribution in [0.3, 0.4) is 0 Å². The van der Waals surface area contributed by atoms with E-state index in [0.717, 1.165) is 17.7 Å². The molecule has 2 aromatic rings. The Balaban J connectivity index is 1.42. The first-order valence-electron chi connectivity index (χ1n) is 10.2. The third kappa shape index (κ3) is 5.01. The third-order valence-electron chi connectivity index (χ3n) is 5.63. The molecule has 2 N–H and O–H groups in total. The van der Waals surface area contributed by atoms with E-state index in [1.807, 2.05) is 6.92 Å². The monoisotopic (exact) mass is 483 g/mol. The number of hydrogen-bond acceptors (Lipinski definition) is 6. The number of ether oxygens (including phenoxy) is 1. The molecule has 0 aromatic carbocycles. The Bertz CT molecular complexity index is 1120. The standard InChI is InChI=1S/C20H23ClFN5O4S/c1-12-9-27(32(29,30)7-5-17(28)24-14-10-31-11-14)6-4-15(12)18-19(21)26-20(25-18)16-3-2-13(22)8-23-16/h2-3,5,7-8,12,14-15H,4,6,9-11H2,1H3,(H,24,28)(H,25,26)/t12-,15+/m0/s1. The maximum Gasteiger partial charge on any atom is 0.245 e. The van der Waals surface area contributed by atoms with E-state index in [1.165, 1.54) is 16.4 Å². The summed E-state index contributed by atoms with van der Waals surface area (Å²) in [6, 6.07) is 2.73. The lowest BCUT2D eigenvalue weighted by Crippen LogP contribution is -2.48. The molecule has 0 radical (unpaired) electrons. The molecule has 172 valence electrons. The van der Waals surface area contributed by atoms with Gasteiger partial charge >= 0.3 is 0 Å². The van der Waals surface area contributed by atoms with E-state index in [-0.39, 0.29) is 36.1 Å². The minimum Gasteiger partial charge on any atom is -0.377 e. The number of sulfonamides is 1. The lowest BCUT2D eigenvalue weighted by Gasteiger charge is -2.35. The number of carbonyl (C=O) groups excluding carboxylic acids is 1. The summed E-state index contributed by atoms with van der Waals surface area (Å²) in [6.07, 6.45) is 2.67. The van der Waals surface area contributed by atoms with Crippen LogP contribution in [0.15, 0.2) is 29.8 Å². The fourth-order valence-electron chi connectivity index (χ4n) is 3.82. The molecule has 9 nitrogen and oxygen atoms in total. The molecule has 2 aliphatic rings. The number of hydrogen-bond donors (Lipinski definition) is 2. The Kier molecular flexibility index (Phi) is 6.61. The van der Waals surface area contributed by atoms with Crippen molar-refractivity contribution in [3.63, 3.8) is 0 Å². The molecule has 4 rings (SSSR count). The molecule has 0 bridgehead atoms. The van der Waals surface area contributed by atoms with Crippen LogP contribution in [0.5, 0.6) is 0 Å². The number of aromatic nitrogens is 3. The number of nitrogens with one attached hydrogen (secondary N) is 2. The Morgan fingerprint density at radius 2 is 2.19 bits per heavy atom. The summed E-state index contributed by atoms with van der Waals surface area (Å²) in [5, 5.41) is 3.90. The van der Waals surface area contributed by atoms with Crippen LogP contribution in [-0.4, -0.2) is 65.9 Å². The van der Waals surface area contributed by atoms with Gasteiger partial charge in [-0.3, -0.25) is 4.79 Å². The van der Waals surface area contributed by atoms with Crippen LogP contribution in [0.1, 0.15) is 25.0 Å². The molecule has 2 atom stereocenters. The minimum atomic E-state index is -3.74. The van der Waals surface area contributed by atoms with Crippen molar-refractivity contribution in [3.8, 4) is 11.5 Å². The minimum absolute atomic E-state index is 0.0402. The number of carbonyl (C=O) groups is 1. The van der Waals surface area contributed by atoms with E-state index in [0.29, 0.717) is 36.8 Å². The highest BCUT2D eigenvalue weighted by Gasteiger charge is 2.34. The van der Waals surface area contributed by atoms with Crippen molar-refractivity contribution in [2.24, 2.45) is 5.92 Å². The van der Waals surface area contributed by atoms with Crippen molar-refractivity contribution in [2.45, 2.75) is 25.3 Å². The summed E-state index contributed by atoms with van der Waals surface area (Å²) >= 11 is 6.35. The molecule has 4 heterocycles. The zero-order valence-electron chi connectivity index (χ0n) is 17.3. The van der Waals surface area contributed by atoms with Crippen LogP contribution in [-0.2, 0) is 19.6 Å². The molecular weight excluding hydrogens is 461 g/mol. The number of piperidine rings is 1. The second-order valence-corrected chi connectivity index (χ2v) is 10.1. The van der Waals surface area contributed by atoms with E-state index in [4.69, 9.17) is 16.3 Å². The van der Waals surface area contributed by atoms with Crippen LogP contribution in [0.4, 0.5) is 4.39 Å². The summed E-state index contributed by atoms with van der Waals surface area (Å²) < 4.78 is 44.8. The van der Waals surface area contributed by atoms with Gasteiger partial charge in [-0.1, -0.05) is 18.5 Å². The van der Waals surface area contributed by atoms with Gasteiger partial charge in [0.25, 0.3) is 0 Å². The topological polar surface area (TPSA) is 117 Å². The molecule has 32 heavy (non-hydrogen) atoms. The lowest BCUT2D eigenvalue weighted by molar-refractivity contribution is -0.120. The average Bonchev–Trinajstić information content (AvgIpc) is 3.11. The molecule has 0 spiro atoms. The van der Waals surface area contributed by atoms with Gasteiger partial charge in [0, 0.05) is 25.1 Å². The van der Waals surface area contributed by atoms with E-state index in [2.05, 4.69) is 20.3 Å². The highest BCUT2D eigenvalue weighted by molar-refractivity contribution is 7.92. The summed E-state index contributed by atoms with van der Waals surface area (Å²) in [4.78, 5) is 23.3. The number of imidazole rings is 1. The summed E-state index contributed by atoms with van der Waals surface area (Å²) in [5.41, 5.74) is 1.17. The van der Waals surface area contributed by atoms with Gasteiger partial charge in [0.05, 0.1) is 36.6 Å². The SMILES string of the molecule is C[C@H]1CN(S(=O)(=O)C=CC(=O)NC2COC2)CC[C@H]1c1[nH]c(-c2ccc(F)cn2)nc1Cl. The zero-order chi connectivity index (χ0) is 22.9. The molecule has 2 aromatic heterocycles. The van der Waals surface area contributed by atoms with Crippen molar-refractivity contribution in [2.75, 3.05) is 26.3 Å². The number of aromatic amines is 1. The Morgan fingerprint density at radius 3 is 2.81 bits per heavy atom. The van der Waals surface area contributed by atoms with Crippen LogP contribution in [0, 0.1) is 11.7 Å². The molecular formula is C20H23ClFN5O4S. The first-order chi connectivity index (χ1) is 15.2. The predicted molar refractivity (Wildman–Crippen MR) is 116 cm³/mol. The number of amides is 1. The van der Waals surface area contributed by atoms with Crippen molar-refractivity contribution >= 4 is 27.5 Å². The lowest BCUT2D eigenvalue weighted by atomic mass is 9.86. The second-order valence-electron chi connectivity index (χ2n) is 7.97. The largest absolute Gasteiger partial charge is 0.377 e. The smallest absolute Gasteiger partial charge is 0.245 e. The average molecular weight is 484 g/mol. The van der Waals surface area contributed by atoms with Crippen molar-refractivity contribution in [1.29, 1.82) is 0 Å². The second kappa shape index (κ2) is 9.26. The predicted octanol–water partition coefficient (Wildman–Crippen LogP) is 2.05. The zero-order valence-corrected chi connectivity index (χ0v) is 18.9. The molecule has 2 aliphatic heterocycles. The molecule has 2 saturated heterocycles. The Morgan fingerprint density at radius 1 is 1.41 bits per heavy atom. The van der Waals surface area contributed by atoms with Gasteiger partial charge in [0.2, 0.25) is 15.9 Å². The fourth-order valence-corrected chi connectivity index (χ4v) is 5.36. The van der Waals surface area contributed by atoms with Gasteiger partial charge < -0.3 is 15.0 Å². The molecule has 0 saturated carbocycles. The van der Waals surface area contributed by atoms with Crippen LogP contribution < -0.4 is 5.32 Å². The van der Waals surface area contributed by atoms with E-state index < -0.39 is 21.7 Å². The number of halogens is 2. The normalized spacial score (nSPS) is 22.7. The maximum atomic E-state index is 13.1. The van der Waals surface area contributed by atoms with Gasteiger partial charge in [0.15, 0.2) is 11.0 Å². The maximum absolute atomic E-state index is 13.1. The quantitative estimate of drug-likeness (QED) is 0.607. The number of rotatable bonds is 6. The first-order valence-corrected chi connectivity index (χ1v) is 12.0. The number of nitrogens with zero attached hydrogens (tertiary/aromatic N) is 3. The van der Waals surface area contributed by atoms with Crippen molar-refractivity contribution in [3.05, 3.63) is 46.5 Å². The number of pyridine rings is 1. The summed E-state index contributed by atoms with van der Waals surface area (Å²) in [7, 11) is -3.74. The highest BCUT2D eigenvalue weighted by Crippen LogP contribution is 2.37. The van der Waals surface area contributed by atoms with Crippen LogP contribution >= 0.6 is 11.6 Å². The van der Waals surface area contributed by atoms with Gasteiger partial charge in [0.1, 0.15) is 11.5 Å². The summed E-state index contributed by atoms with van der Waals surface area (Å²) in [6.45, 7) is 3.36. The highest BCUT2D eigenvalue weighted by atomic mass is 35.5. The van der Waals surface area contributed by atoms with Gasteiger partial charge in [-0.05, 0) is 24.5 Å². The van der Waals surface area contributed by atoms with E-state index in [9.17, 15) is 17.6 Å². The molecule has 0 unspecified atom stereocenters. The van der Waals surface area contributed by atoms with Gasteiger partial charge in [-0.15, -0.1) is 0 Å². The van der Waals surface area contributed by atoms with Crippen molar-refractivity contribution in [1.82, 2.24) is 24.6 Å². The van der Waals surface area contributed by atoms with Gasteiger partial charge in [-0.25, -0.2) is 22.8 Å². The molecule has 2 fully saturated rings. The Labute approximate surface area is 190 Å². The van der Waals surface area contributed by atoms with Crippen molar-refractivity contribution < 1.29 is 22.3 Å². The third-order valence-corrected chi connectivity index (χ3v) is 7.45. The molecule has 12 heteroatoms. The fraction of sp³-hybridized carbons (Fsp3) is 0.450.